The van der Waals surface area contributed by atoms with Gasteiger partial charge in [-0.1, -0.05) is 58.4 Å². The third kappa shape index (κ3) is 6.26. The molecule has 31 heavy (non-hydrogen) atoms. The fraction of sp³-hybridized carbons (Fsp3) is 0.130. The molecule has 3 rings (SSSR count). The zero-order chi connectivity index (χ0) is 22.4. The topological polar surface area (TPSA) is 78.8 Å². The number of nitrogens with one attached hydrogen (secondary N) is 1. The molecule has 0 saturated carbocycles. The number of hydrogen-bond donors (Lipinski definition) is 1. The molecule has 0 aromatic heterocycles. The Morgan fingerprint density at radius 1 is 0.968 bits per heavy atom. The van der Waals surface area contributed by atoms with E-state index in [-0.39, 0.29) is 12.5 Å². The lowest BCUT2D eigenvalue weighted by atomic mass is 10.1. The molecule has 8 heteroatoms. The fourth-order valence-electron chi connectivity index (χ4n) is 2.91. The molecule has 0 heterocycles. The van der Waals surface area contributed by atoms with Gasteiger partial charge < -0.3 is 0 Å². The summed E-state index contributed by atoms with van der Waals surface area (Å²) >= 11 is 3.41. The quantitative estimate of drug-likeness (QED) is 0.382. The minimum absolute atomic E-state index is 0.210. The van der Waals surface area contributed by atoms with Gasteiger partial charge in [0, 0.05) is 10.0 Å². The van der Waals surface area contributed by atoms with Gasteiger partial charge in [0.05, 0.1) is 24.2 Å². The summed E-state index contributed by atoms with van der Waals surface area (Å²) in [5.41, 5.74) is 5.81. The summed E-state index contributed by atoms with van der Waals surface area (Å²) in [6.45, 7) is 2.01. The first kappa shape index (κ1) is 22.7. The number of amides is 1. The van der Waals surface area contributed by atoms with Crippen LogP contribution < -0.4 is 9.73 Å². The second-order valence-corrected chi connectivity index (χ2v) is 9.77. The Kier molecular flexibility index (Phi) is 7.25. The molecule has 3 aromatic rings. The van der Waals surface area contributed by atoms with E-state index < -0.39 is 10.0 Å². The average Bonchev–Trinajstić information content (AvgIpc) is 2.75. The van der Waals surface area contributed by atoms with Crippen molar-refractivity contribution in [3.63, 3.8) is 0 Å². The second-order valence-electron chi connectivity index (χ2n) is 6.95. The van der Waals surface area contributed by atoms with Gasteiger partial charge in [-0.05, 0) is 54.4 Å². The summed E-state index contributed by atoms with van der Waals surface area (Å²) in [4.78, 5) is 12.5. The van der Waals surface area contributed by atoms with Gasteiger partial charge in [-0.15, -0.1) is 0 Å². The van der Waals surface area contributed by atoms with Crippen molar-refractivity contribution in [3.8, 4) is 0 Å². The Hall–Kier alpha value is -2.97. The van der Waals surface area contributed by atoms with E-state index in [0.29, 0.717) is 17.0 Å². The van der Waals surface area contributed by atoms with Crippen molar-refractivity contribution in [1.29, 1.82) is 0 Å². The molecule has 1 amide bonds. The maximum atomic E-state index is 12.5. The molecule has 0 atom stereocenters. The first-order chi connectivity index (χ1) is 14.7. The van der Waals surface area contributed by atoms with Crippen LogP contribution in [0.15, 0.2) is 88.4 Å². The molecule has 160 valence electrons. The number of anilines is 1. The highest BCUT2D eigenvalue weighted by atomic mass is 79.9. The molecule has 3 aromatic carbocycles. The third-order valence-corrected chi connectivity index (χ3v) is 6.19. The van der Waals surface area contributed by atoms with Gasteiger partial charge in [0.1, 0.15) is 0 Å². The summed E-state index contributed by atoms with van der Waals surface area (Å²) in [6, 6.07) is 23.3. The van der Waals surface area contributed by atoms with Crippen LogP contribution in [0.3, 0.4) is 0 Å². The van der Waals surface area contributed by atoms with E-state index in [0.717, 1.165) is 21.9 Å². The van der Waals surface area contributed by atoms with Crippen LogP contribution in [-0.2, 0) is 16.6 Å². The molecule has 6 nitrogen and oxygen atoms in total. The first-order valence-electron chi connectivity index (χ1n) is 9.46. The number of hydrazone groups is 1. The SMILES string of the molecule is CC(=NNC(=O)c1ccc(N(Cc2ccccc2)S(C)(=O)=O)cc1)c1cccc(Br)c1. The van der Waals surface area contributed by atoms with E-state index in [1.165, 1.54) is 4.31 Å². The van der Waals surface area contributed by atoms with E-state index in [4.69, 9.17) is 0 Å². The highest BCUT2D eigenvalue weighted by Gasteiger charge is 2.18. The van der Waals surface area contributed by atoms with E-state index >= 15 is 0 Å². The summed E-state index contributed by atoms with van der Waals surface area (Å²) in [6.07, 6.45) is 1.16. The minimum Gasteiger partial charge on any atom is -0.267 e. The fourth-order valence-corrected chi connectivity index (χ4v) is 4.19. The largest absolute Gasteiger partial charge is 0.271 e. The number of carbonyl (C=O) groups is 1. The van der Waals surface area contributed by atoms with Gasteiger partial charge in [-0.2, -0.15) is 5.10 Å². The number of sulfonamides is 1. The van der Waals surface area contributed by atoms with Gasteiger partial charge >= 0.3 is 0 Å². The third-order valence-electron chi connectivity index (χ3n) is 4.55. The lowest BCUT2D eigenvalue weighted by Gasteiger charge is -2.22. The van der Waals surface area contributed by atoms with Gasteiger partial charge in [0.2, 0.25) is 10.0 Å². The van der Waals surface area contributed by atoms with Gasteiger partial charge in [0.25, 0.3) is 5.91 Å². The minimum atomic E-state index is -3.50. The second kappa shape index (κ2) is 9.89. The van der Waals surface area contributed by atoms with Crippen molar-refractivity contribution in [3.05, 3.63) is 100 Å². The van der Waals surface area contributed by atoms with Crippen molar-refractivity contribution in [2.45, 2.75) is 13.5 Å². The predicted octanol–water partition coefficient (Wildman–Crippen LogP) is 4.57. The Morgan fingerprint density at radius 3 is 2.26 bits per heavy atom. The average molecular weight is 500 g/mol. The maximum Gasteiger partial charge on any atom is 0.271 e. The van der Waals surface area contributed by atoms with Crippen LogP contribution in [0.25, 0.3) is 0 Å². The molecule has 0 aliphatic heterocycles. The molecule has 0 aliphatic carbocycles. The van der Waals surface area contributed by atoms with Gasteiger partial charge in [0.15, 0.2) is 0 Å². The van der Waals surface area contributed by atoms with Crippen LogP contribution in [0.1, 0.15) is 28.4 Å². The number of carbonyl (C=O) groups excluding carboxylic acids is 1. The molecular formula is C23H22BrN3O3S. The van der Waals surface area contributed by atoms with Gasteiger partial charge in [-0.3, -0.25) is 9.10 Å². The number of nitrogens with zero attached hydrogens (tertiary/aromatic N) is 2. The molecule has 0 saturated heterocycles. The normalized spacial score (nSPS) is 11.8. The Balaban J connectivity index is 1.74. The molecule has 0 bridgehead atoms. The van der Waals surface area contributed by atoms with Crippen LogP contribution >= 0.6 is 15.9 Å². The molecule has 0 unspecified atom stereocenters. The number of benzene rings is 3. The Bertz CT molecular complexity index is 1190. The van der Waals surface area contributed by atoms with E-state index in [1.807, 2.05) is 54.6 Å². The summed E-state index contributed by atoms with van der Waals surface area (Å²) < 4.78 is 26.9. The van der Waals surface area contributed by atoms with Crippen molar-refractivity contribution in [2.75, 3.05) is 10.6 Å². The Morgan fingerprint density at radius 2 is 1.65 bits per heavy atom. The monoisotopic (exact) mass is 499 g/mol. The number of hydrogen-bond acceptors (Lipinski definition) is 4. The van der Waals surface area contributed by atoms with E-state index in [9.17, 15) is 13.2 Å². The highest BCUT2D eigenvalue weighted by Crippen LogP contribution is 2.21. The summed E-state index contributed by atoms with van der Waals surface area (Å²) in [5.74, 6) is -0.380. The summed E-state index contributed by atoms with van der Waals surface area (Å²) in [5, 5.41) is 4.15. The smallest absolute Gasteiger partial charge is 0.267 e. The van der Waals surface area contributed by atoms with Crippen LogP contribution in [0.5, 0.6) is 0 Å². The first-order valence-corrected chi connectivity index (χ1v) is 12.1. The predicted molar refractivity (Wildman–Crippen MR) is 128 cm³/mol. The van der Waals surface area contributed by atoms with E-state index in [2.05, 4.69) is 26.5 Å². The molecule has 1 N–H and O–H groups in total. The standard InChI is InChI=1S/C23H22BrN3O3S/c1-17(20-9-6-10-21(24)15-20)25-26-23(28)19-11-13-22(14-12-19)27(31(2,29)30)16-18-7-4-3-5-8-18/h3-15H,16H2,1-2H3,(H,26,28). The van der Waals surface area contributed by atoms with Crippen molar-refractivity contribution < 1.29 is 13.2 Å². The van der Waals surface area contributed by atoms with Crippen molar-refractivity contribution >= 4 is 43.3 Å². The molecule has 0 fully saturated rings. The molecule has 0 spiro atoms. The lowest BCUT2D eigenvalue weighted by molar-refractivity contribution is 0.0955. The van der Waals surface area contributed by atoms with Crippen molar-refractivity contribution in [2.24, 2.45) is 5.10 Å². The molecule has 0 radical (unpaired) electrons. The zero-order valence-electron chi connectivity index (χ0n) is 17.1. The van der Waals surface area contributed by atoms with E-state index in [1.54, 1.807) is 31.2 Å². The van der Waals surface area contributed by atoms with Gasteiger partial charge in [-0.25, -0.2) is 13.8 Å². The van der Waals surface area contributed by atoms with Crippen LogP contribution in [0, 0.1) is 0 Å². The number of halogens is 1. The Labute approximate surface area is 190 Å². The van der Waals surface area contributed by atoms with Crippen LogP contribution in [0.2, 0.25) is 0 Å². The summed E-state index contributed by atoms with van der Waals surface area (Å²) in [7, 11) is -3.50. The van der Waals surface area contributed by atoms with Crippen LogP contribution in [-0.4, -0.2) is 26.3 Å². The molecular weight excluding hydrogens is 478 g/mol. The highest BCUT2D eigenvalue weighted by molar-refractivity contribution is 9.10. The lowest BCUT2D eigenvalue weighted by Crippen LogP contribution is -2.29. The zero-order valence-corrected chi connectivity index (χ0v) is 19.5. The maximum absolute atomic E-state index is 12.5. The van der Waals surface area contributed by atoms with Crippen molar-refractivity contribution in [1.82, 2.24) is 5.43 Å². The number of rotatable bonds is 7. The van der Waals surface area contributed by atoms with Crippen LogP contribution in [0.4, 0.5) is 5.69 Å². The molecule has 0 aliphatic rings.